The highest BCUT2D eigenvalue weighted by Crippen LogP contribution is 2.42. The predicted octanol–water partition coefficient (Wildman–Crippen LogP) is 4.12. The molecule has 0 aliphatic carbocycles. The predicted molar refractivity (Wildman–Crippen MR) is 59.2 cm³/mol. The SMILES string of the molecule is CC(C)(Oc1c(C(=O)O)cccc1C(F)(F)F)C(F)(F)F. The molecule has 0 atom stereocenters. The Labute approximate surface area is 115 Å². The number of halogens is 6. The maximum Gasteiger partial charge on any atom is 0.427 e. The van der Waals surface area contributed by atoms with Gasteiger partial charge in [-0.3, -0.25) is 0 Å². The van der Waals surface area contributed by atoms with Gasteiger partial charge in [0.05, 0.1) is 5.56 Å². The first kappa shape index (κ1) is 17.1. The number of carbonyl (C=O) groups is 1. The summed E-state index contributed by atoms with van der Waals surface area (Å²) in [5.74, 6) is -3.19. The minimum Gasteiger partial charge on any atom is -0.478 e. The van der Waals surface area contributed by atoms with Gasteiger partial charge in [-0.2, -0.15) is 26.3 Å². The third-order valence-electron chi connectivity index (χ3n) is 2.59. The molecule has 1 N–H and O–H groups in total. The van der Waals surface area contributed by atoms with E-state index in [1.54, 1.807) is 0 Å². The fraction of sp³-hybridized carbons (Fsp3) is 0.417. The van der Waals surface area contributed by atoms with E-state index in [9.17, 15) is 31.1 Å². The van der Waals surface area contributed by atoms with Crippen LogP contribution >= 0.6 is 0 Å². The molecule has 0 bridgehead atoms. The van der Waals surface area contributed by atoms with Crippen molar-refractivity contribution in [2.24, 2.45) is 0 Å². The molecule has 0 aliphatic heterocycles. The van der Waals surface area contributed by atoms with Gasteiger partial charge in [0.25, 0.3) is 0 Å². The van der Waals surface area contributed by atoms with Gasteiger partial charge in [0.2, 0.25) is 0 Å². The molecule has 0 amide bonds. The Kier molecular flexibility index (Phi) is 4.17. The average molecular weight is 316 g/mol. The van der Waals surface area contributed by atoms with E-state index < -0.39 is 40.8 Å². The van der Waals surface area contributed by atoms with Crippen LogP contribution in [-0.2, 0) is 6.18 Å². The second kappa shape index (κ2) is 5.12. The van der Waals surface area contributed by atoms with Gasteiger partial charge in [-0.15, -0.1) is 0 Å². The summed E-state index contributed by atoms with van der Waals surface area (Å²) in [6.07, 6.45) is -10.0. The van der Waals surface area contributed by atoms with Gasteiger partial charge < -0.3 is 9.84 Å². The summed E-state index contributed by atoms with van der Waals surface area (Å²) in [6.45, 7) is 1.01. The van der Waals surface area contributed by atoms with Crippen molar-refractivity contribution >= 4 is 5.97 Å². The number of benzene rings is 1. The van der Waals surface area contributed by atoms with Crippen molar-refractivity contribution in [1.82, 2.24) is 0 Å². The molecule has 0 fully saturated rings. The number of aromatic carboxylic acids is 1. The van der Waals surface area contributed by atoms with E-state index in [4.69, 9.17) is 5.11 Å². The van der Waals surface area contributed by atoms with Crippen molar-refractivity contribution in [3.05, 3.63) is 29.3 Å². The lowest BCUT2D eigenvalue weighted by atomic mass is 10.1. The Bertz CT molecular complexity index is 545. The minimum absolute atomic E-state index is 0.453. The molecule has 3 nitrogen and oxygen atoms in total. The smallest absolute Gasteiger partial charge is 0.427 e. The van der Waals surface area contributed by atoms with Gasteiger partial charge in [0.15, 0.2) is 5.60 Å². The Morgan fingerprint density at radius 2 is 1.62 bits per heavy atom. The van der Waals surface area contributed by atoms with Gasteiger partial charge in [-0.25, -0.2) is 4.79 Å². The lowest BCUT2D eigenvalue weighted by molar-refractivity contribution is -0.236. The number of hydrogen-bond acceptors (Lipinski definition) is 2. The topological polar surface area (TPSA) is 46.5 Å². The number of hydrogen-bond donors (Lipinski definition) is 1. The summed E-state index contributed by atoms with van der Waals surface area (Å²) in [7, 11) is 0. The summed E-state index contributed by atoms with van der Waals surface area (Å²) in [5, 5.41) is 8.83. The second-order valence-electron chi connectivity index (χ2n) is 4.60. The highest BCUT2D eigenvalue weighted by Gasteiger charge is 2.51. The Morgan fingerprint density at radius 1 is 1.10 bits per heavy atom. The molecule has 0 aliphatic rings. The molecule has 0 saturated carbocycles. The molecule has 21 heavy (non-hydrogen) atoms. The zero-order chi connectivity index (χ0) is 16.6. The van der Waals surface area contributed by atoms with Crippen LogP contribution in [0, 0.1) is 0 Å². The van der Waals surface area contributed by atoms with Crippen LogP contribution in [0.25, 0.3) is 0 Å². The maximum atomic E-state index is 12.8. The number of rotatable bonds is 3. The van der Waals surface area contributed by atoms with Crippen LogP contribution in [0.4, 0.5) is 26.3 Å². The molecular formula is C12H10F6O3. The Balaban J connectivity index is 3.49. The first-order valence-corrected chi connectivity index (χ1v) is 5.46. The van der Waals surface area contributed by atoms with E-state index in [0.717, 1.165) is 12.1 Å². The highest BCUT2D eigenvalue weighted by atomic mass is 19.4. The van der Waals surface area contributed by atoms with Gasteiger partial charge in [0, 0.05) is 0 Å². The molecule has 0 aromatic heterocycles. The highest BCUT2D eigenvalue weighted by molar-refractivity contribution is 5.91. The summed E-state index contributed by atoms with van der Waals surface area (Å²) >= 11 is 0. The molecule has 1 rings (SSSR count). The fourth-order valence-corrected chi connectivity index (χ4v) is 1.35. The molecule has 9 heteroatoms. The van der Waals surface area contributed by atoms with E-state index in [-0.39, 0.29) is 0 Å². The largest absolute Gasteiger partial charge is 0.478 e. The quantitative estimate of drug-likeness (QED) is 0.853. The van der Waals surface area contributed by atoms with Crippen LogP contribution in [0.2, 0.25) is 0 Å². The van der Waals surface area contributed by atoms with E-state index in [1.165, 1.54) is 0 Å². The zero-order valence-electron chi connectivity index (χ0n) is 10.8. The van der Waals surface area contributed by atoms with Crippen LogP contribution in [0.3, 0.4) is 0 Å². The van der Waals surface area contributed by atoms with E-state index in [1.807, 2.05) is 0 Å². The van der Waals surface area contributed by atoms with Crippen molar-refractivity contribution in [2.75, 3.05) is 0 Å². The maximum absolute atomic E-state index is 12.8. The van der Waals surface area contributed by atoms with E-state index in [0.29, 0.717) is 19.9 Å². The molecule has 1 aromatic rings. The summed E-state index contributed by atoms with van der Waals surface area (Å²) < 4.78 is 81.0. The molecule has 0 unspecified atom stereocenters. The number of carboxylic acid groups (broad SMARTS) is 1. The third-order valence-corrected chi connectivity index (χ3v) is 2.59. The number of carboxylic acids is 1. The third kappa shape index (κ3) is 3.59. The molecule has 1 aromatic carbocycles. The van der Waals surface area contributed by atoms with Crippen molar-refractivity contribution < 1.29 is 41.0 Å². The zero-order valence-corrected chi connectivity index (χ0v) is 10.8. The van der Waals surface area contributed by atoms with Gasteiger partial charge in [0.1, 0.15) is 11.3 Å². The van der Waals surface area contributed by atoms with Crippen molar-refractivity contribution in [3.63, 3.8) is 0 Å². The van der Waals surface area contributed by atoms with Crippen LogP contribution in [0.5, 0.6) is 5.75 Å². The lowest BCUT2D eigenvalue weighted by Crippen LogP contribution is -2.45. The first-order chi connectivity index (χ1) is 9.27. The average Bonchev–Trinajstić information content (AvgIpc) is 2.25. The normalized spacial score (nSPS) is 13.1. The van der Waals surface area contributed by atoms with Crippen molar-refractivity contribution in [3.8, 4) is 5.75 Å². The van der Waals surface area contributed by atoms with Crippen molar-refractivity contribution in [2.45, 2.75) is 31.8 Å². The molecule has 0 saturated heterocycles. The molecule has 118 valence electrons. The standard InChI is InChI=1S/C12H10F6O3/c1-10(2,12(16,17)18)21-8-6(9(19)20)4-3-5-7(8)11(13,14)15/h3-5H,1-2H3,(H,19,20). The summed E-state index contributed by atoms with van der Waals surface area (Å²) in [4.78, 5) is 10.9. The van der Waals surface area contributed by atoms with Crippen LogP contribution in [0.15, 0.2) is 18.2 Å². The molecule has 0 spiro atoms. The van der Waals surface area contributed by atoms with E-state index >= 15 is 0 Å². The summed E-state index contributed by atoms with van der Waals surface area (Å²) in [5.41, 5.74) is -5.57. The van der Waals surface area contributed by atoms with E-state index in [2.05, 4.69) is 4.74 Å². The Morgan fingerprint density at radius 3 is 2.00 bits per heavy atom. The van der Waals surface area contributed by atoms with Crippen molar-refractivity contribution in [1.29, 1.82) is 0 Å². The fourth-order valence-electron chi connectivity index (χ4n) is 1.35. The Hall–Kier alpha value is -1.93. The lowest BCUT2D eigenvalue weighted by Gasteiger charge is -2.30. The molecule has 0 heterocycles. The van der Waals surface area contributed by atoms with Crippen LogP contribution in [-0.4, -0.2) is 22.9 Å². The number of para-hydroxylation sites is 1. The second-order valence-corrected chi connectivity index (χ2v) is 4.60. The van der Waals surface area contributed by atoms with Gasteiger partial charge >= 0.3 is 18.3 Å². The van der Waals surface area contributed by atoms with Crippen LogP contribution in [0.1, 0.15) is 29.8 Å². The number of ether oxygens (including phenoxy) is 1. The van der Waals surface area contributed by atoms with Gasteiger partial charge in [-0.05, 0) is 26.0 Å². The molecular weight excluding hydrogens is 306 g/mol. The first-order valence-electron chi connectivity index (χ1n) is 5.46. The monoisotopic (exact) mass is 316 g/mol. The molecule has 0 radical (unpaired) electrons. The summed E-state index contributed by atoms with van der Waals surface area (Å²) in [6, 6.07) is 1.97. The van der Waals surface area contributed by atoms with Gasteiger partial charge in [-0.1, -0.05) is 6.07 Å². The van der Waals surface area contributed by atoms with Crippen LogP contribution < -0.4 is 4.74 Å². The number of alkyl halides is 6. The minimum atomic E-state index is -5.05.